The van der Waals surface area contributed by atoms with Crippen LogP contribution in [-0.4, -0.2) is 48.2 Å². The van der Waals surface area contributed by atoms with Gasteiger partial charge in [0.1, 0.15) is 0 Å². The lowest BCUT2D eigenvalue weighted by molar-refractivity contribution is -0.134. The van der Waals surface area contributed by atoms with Crippen LogP contribution < -0.4 is 5.32 Å². The van der Waals surface area contributed by atoms with Crippen LogP contribution >= 0.6 is 0 Å². The summed E-state index contributed by atoms with van der Waals surface area (Å²) in [6, 6.07) is -0.0590. The fraction of sp³-hybridized carbons (Fsp3) is 0.900. The first kappa shape index (κ1) is 11.5. The van der Waals surface area contributed by atoms with Crippen molar-refractivity contribution < 1.29 is 9.90 Å². The van der Waals surface area contributed by atoms with Gasteiger partial charge < -0.3 is 15.3 Å². The van der Waals surface area contributed by atoms with E-state index in [1.165, 1.54) is 0 Å². The lowest BCUT2D eigenvalue weighted by atomic mass is 10.1. The Morgan fingerprint density at radius 2 is 2.36 bits per heavy atom. The molecule has 2 unspecified atom stereocenters. The van der Waals surface area contributed by atoms with Gasteiger partial charge in [0, 0.05) is 13.1 Å². The van der Waals surface area contributed by atoms with Crippen molar-refractivity contribution in [2.45, 2.75) is 38.3 Å². The molecule has 4 heteroatoms. The minimum Gasteiger partial charge on any atom is -0.392 e. The molecule has 0 radical (unpaired) electrons. The van der Waals surface area contributed by atoms with Gasteiger partial charge in [0.25, 0.3) is 0 Å². The second kappa shape index (κ2) is 5.32. The molecule has 0 aliphatic carbocycles. The van der Waals surface area contributed by atoms with E-state index in [2.05, 4.69) is 5.32 Å². The fourth-order valence-corrected chi connectivity index (χ4v) is 1.87. The normalized spacial score (nSPS) is 26.1. The summed E-state index contributed by atoms with van der Waals surface area (Å²) in [4.78, 5) is 13.6. The van der Waals surface area contributed by atoms with Crippen molar-refractivity contribution in [3.63, 3.8) is 0 Å². The highest BCUT2D eigenvalue weighted by Gasteiger charge is 2.25. The molecule has 0 aromatic rings. The van der Waals surface area contributed by atoms with Crippen molar-refractivity contribution in [3.05, 3.63) is 0 Å². The van der Waals surface area contributed by atoms with E-state index in [0.717, 1.165) is 25.8 Å². The van der Waals surface area contributed by atoms with Crippen molar-refractivity contribution >= 4 is 5.91 Å². The summed E-state index contributed by atoms with van der Waals surface area (Å²) >= 11 is 0. The molecule has 1 aliphatic rings. The molecular formula is C10H20N2O2. The van der Waals surface area contributed by atoms with Gasteiger partial charge in [-0.15, -0.1) is 0 Å². The zero-order valence-corrected chi connectivity index (χ0v) is 8.99. The number of nitrogens with zero attached hydrogens (tertiary/aromatic N) is 1. The molecule has 0 aromatic heterocycles. The number of hydrogen-bond acceptors (Lipinski definition) is 3. The van der Waals surface area contributed by atoms with E-state index in [9.17, 15) is 9.90 Å². The summed E-state index contributed by atoms with van der Waals surface area (Å²) in [6.07, 6.45) is 2.59. The molecule has 1 saturated heterocycles. The van der Waals surface area contributed by atoms with Gasteiger partial charge in [0.15, 0.2) is 0 Å². The van der Waals surface area contributed by atoms with Crippen molar-refractivity contribution in [1.29, 1.82) is 0 Å². The molecule has 1 heterocycles. The van der Waals surface area contributed by atoms with E-state index in [1.807, 2.05) is 7.05 Å². The summed E-state index contributed by atoms with van der Waals surface area (Å²) in [7, 11) is 1.81. The number of hydrogen-bond donors (Lipinski definition) is 2. The zero-order chi connectivity index (χ0) is 10.6. The first-order valence-corrected chi connectivity index (χ1v) is 5.29. The van der Waals surface area contributed by atoms with Crippen molar-refractivity contribution in [2.24, 2.45) is 0 Å². The van der Waals surface area contributed by atoms with E-state index >= 15 is 0 Å². The van der Waals surface area contributed by atoms with Gasteiger partial charge in [-0.3, -0.25) is 4.79 Å². The Morgan fingerprint density at radius 3 is 2.93 bits per heavy atom. The topological polar surface area (TPSA) is 52.6 Å². The summed E-state index contributed by atoms with van der Waals surface area (Å²) in [6.45, 7) is 2.95. The van der Waals surface area contributed by atoms with E-state index in [4.69, 9.17) is 0 Å². The van der Waals surface area contributed by atoms with Crippen molar-refractivity contribution in [3.8, 4) is 0 Å². The Bertz CT molecular complexity index is 195. The maximum atomic E-state index is 11.9. The van der Waals surface area contributed by atoms with Crippen LogP contribution in [0.5, 0.6) is 0 Å². The van der Waals surface area contributed by atoms with Crippen LogP contribution in [0.4, 0.5) is 0 Å². The molecule has 1 fully saturated rings. The molecular weight excluding hydrogens is 180 g/mol. The lowest BCUT2D eigenvalue weighted by Crippen LogP contribution is -2.46. The van der Waals surface area contributed by atoms with Gasteiger partial charge in [-0.05, 0) is 33.2 Å². The number of aliphatic hydroxyl groups is 1. The van der Waals surface area contributed by atoms with Gasteiger partial charge in [0.2, 0.25) is 5.91 Å². The van der Waals surface area contributed by atoms with Gasteiger partial charge in [0.05, 0.1) is 12.1 Å². The number of aliphatic hydroxyl groups excluding tert-OH is 1. The monoisotopic (exact) mass is 200 g/mol. The largest absolute Gasteiger partial charge is 0.392 e. The van der Waals surface area contributed by atoms with Gasteiger partial charge in [-0.2, -0.15) is 0 Å². The predicted octanol–water partition coefficient (Wildman–Crippen LogP) is -0.0323. The number of likely N-dealkylation sites (N-methyl/N-ethyl adjacent to an activating group) is 1. The van der Waals surface area contributed by atoms with Crippen LogP contribution in [0.3, 0.4) is 0 Å². The average Bonchev–Trinajstić information content (AvgIpc) is 2.29. The van der Waals surface area contributed by atoms with Crippen LogP contribution in [-0.2, 0) is 4.79 Å². The quantitative estimate of drug-likeness (QED) is 0.672. The van der Waals surface area contributed by atoms with Crippen LogP contribution in [0.15, 0.2) is 0 Å². The number of β-amino-alcohol motifs (C(OH)–C–C–N with tert-alkyl or cyclic N) is 1. The lowest BCUT2D eigenvalue weighted by Gasteiger charge is -2.25. The summed E-state index contributed by atoms with van der Waals surface area (Å²) < 4.78 is 0. The van der Waals surface area contributed by atoms with Gasteiger partial charge >= 0.3 is 0 Å². The summed E-state index contributed by atoms with van der Waals surface area (Å²) in [5, 5.41) is 12.3. The van der Waals surface area contributed by atoms with Crippen molar-refractivity contribution in [1.82, 2.24) is 10.2 Å². The summed E-state index contributed by atoms with van der Waals surface area (Å²) in [5.74, 6) is 0.130. The number of carbonyl (C=O) groups is 1. The highest BCUT2D eigenvalue weighted by atomic mass is 16.3. The Labute approximate surface area is 85.3 Å². The standard InChI is InChI=1S/C10H20N2O2/c1-8(13)7-12-6-4-3-5-9(11-2)10(12)14/h8-9,11,13H,3-7H2,1-2H3. The maximum Gasteiger partial charge on any atom is 0.239 e. The van der Waals surface area contributed by atoms with Crippen LogP contribution in [0.25, 0.3) is 0 Å². The first-order chi connectivity index (χ1) is 6.65. The molecule has 1 amide bonds. The van der Waals surface area contributed by atoms with Gasteiger partial charge in [-0.1, -0.05) is 0 Å². The first-order valence-electron chi connectivity index (χ1n) is 5.29. The number of amides is 1. The number of nitrogens with one attached hydrogen (secondary N) is 1. The van der Waals surface area contributed by atoms with Gasteiger partial charge in [-0.25, -0.2) is 0 Å². The minimum absolute atomic E-state index is 0.0590. The molecule has 0 saturated carbocycles. The molecule has 14 heavy (non-hydrogen) atoms. The molecule has 2 atom stereocenters. The SMILES string of the molecule is CNC1CCCCN(CC(C)O)C1=O. The molecule has 0 aromatic carbocycles. The highest BCUT2D eigenvalue weighted by molar-refractivity contribution is 5.82. The zero-order valence-electron chi connectivity index (χ0n) is 8.99. The molecule has 2 N–H and O–H groups in total. The number of rotatable bonds is 3. The molecule has 4 nitrogen and oxygen atoms in total. The Hall–Kier alpha value is -0.610. The molecule has 0 bridgehead atoms. The van der Waals surface area contributed by atoms with E-state index in [1.54, 1.807) is 11.8 Å². The van der Waals surface area contributed by atoms with E-state index < -0.39 is 6.10 Å². The second-order valence-corrected chi connectivity index (χ2v) is 3.97. The third-order valence-corrected chi connectivity index (χ3v) is 2.61. The molecule has 0 spiro atoms. The minimum atomic E-state index is -0.436. The maximum absolute atomic E-state index is 11.9. The summed E-state index contributed by atoms with van der Waals surface area (Å²) in [5.41, 5.74) is 0. The third-order valence-electron chi connectivity index (χ3n) is 2.61. The van der Waals surface area contributed by atoms with Crippen LogP contribution in [0, 0.1) is 0 Å². The molecule has 82 valence electrons. The number of carbonyl (C=O) groups excluding carboxylic acids is 1. The van der Waals surface area contributed by atoms with E-state index in [0.29, 0.717) is 6.54 Å². The number of likely N-dealkylation sites (tertiary alicyclic amines) is 1. The van der Waals surface area contributed by atoms with Crippen LogP contribution in [0.2, 0.25) is 0 Å². The van der Waals surface area contributed by atoms with E-state index in [-0.39, 0.29) is 11.9 Å². The molecule has 1 aliphatic heterocycles. The van der Waals surface area contributed by atoms with Crippen molar-refractivity contribution in [2.75, 3.05) is 20.1 Å². The second-order valence-electron chi connectivity index (χ2n) is 3.97. The third kappa shape index (κ3) is 2.96. The molecule has 1 rings (SSSR count). The Balaban J connectivity index is 2.58. The average molecular weight is 200 g/mol. The predicted molar refractivity (Wildman–Crippen MR) is 55.0 cm³/mol. The highest BCUT2D eigenvalue weighted by Crippen LogP contribution is 2.12. The van der Waals surface area contributed by atoms with Crippen LogP contribution in [0.1, 0.15) is 26.2 Å². The Morgan fingerprint density at radius 1 is 1.64 bits per heavy atom. The smallest absolute Gasteiger partial charge is 0.239 e. The fourth-order valence-electron chi connectivity index (χ4n) is 1.87. The Kier molecular flexibility index (Phi) is 4.35.